The van der Waals surface area contributed by atoms with Crippen molar-refractivity contribution >= 4 is 16.9 Å². The lowest BCUT2D eigenvalue weighted by Gasteiger charge is -2.37. The second kappa shape index (κ2) is 5.97. The van der Waals surface area contributed by atoms with Gasteiger partial charge in [0, 0.05) is 25.7 Å². The SMILES string of the molecule is CCCN(c1ncnc2c1cnn2C)C1CCC(N)CC1. The maximum absolute atomic E-state index is 6.05. The zero-order chi connectivity index (χ0) is 14.8. The van der Waals surface area contributed by atoms with E-state index in [4.69, 9.17) is 5.73 Å². The Morgan fingerprint density at radius 2 is 2.05 bits per heavy atom. The lowest BCUT2D eigenvalue weighted by atomic mass is 9.90. The summed E-state index contributed by atoms with van der Waals surface area (Å²) in [4.78, 5) is 11.3. The molecule has 6 heteroatoms. The van der Waals surface area contributed by atoms with Crippen molar-refractivity contribution < 1.29 is 0 Å². The van der Waals surface area contributed by atoms with Gasteiger partial charge in [-0.1, -0.05) is 6.92 Å². The van der Waals surface area contributed by atoms with Gasteiger partial charge in [0.15, 0.2) is 5.65 Å². The van der Waals surface area contributed by atoms with E-state index in [0.717, 1.165) is 55.5 Å². The molecule has 2 aromatic heterocycles. The number of anilines is 1. The van der Waals surface area contributed by atoms with Gasteiger partial charge >= 0.3 is 0 Å². The van der Waals surface area contributed by atoms with Gasteiger partial charge in [-0.15, -0.1) is 0 Å². The van der Waals surface area contributed by atoms with Crippen molar-refractivity contribution in [2.75, 3.05) is 11.4 Å². The number of nitrogens with two attached hydrogens (primary N) is 1. The summed E-state index contributed by atoms with van der Waals surface area (Å²) >= 11 is 0. The van der Waals surface area contributed by atoms with Crippen molar-refractivity contribution in [3.63, 3.8) is 0 Å². The summed E-state index contributed by atoms with van der Waals surface area (Å²) in [5, 5.41) is 5.37. The van der Waals surface area contributed by atoms with E-state index in [1.807, 2.05) is 13.2 Å². The van der Waals surface area contributed by atoms with Gasteiger partial charge in [-0.3, -0.25) is 4.68 Å². The molecule has 0 aromatic carbocycles. The number of hydrogen-bond acceptors (Lipinski definition) is 5. The normalized spacial score (nSPS) is 22.6. The molecule has 0 bridgehead atoms. The molecule has 1 aliphatic rings. The average Bonchev–Trinajstić information content (AvgIpc) is 2.88. The fraction of sp³-hybridized carbons (Fsp3) is 0.667. The molecule has 0 radical (unpaired) electrons. The largest absolute Gasteiger partial charge is 0.353 e. The fourth-order valence-electron chi connectivity index (χ4n) is 3.29. The van der Waals surface area contributed by atoms with Crippen LogP contribution in [0, 0.1) is 0 Å². The molecule has 0 amide bonds. The molecule has 0 aliphatic heterocycles. The molecule has 6 nitrogen and oxygen atoms in total. The Morgan fingerprint density at radius 1 is 1.29 bits per heavy atom. The molecule has 3 rings (SSSR count). The molecule has 2 heterocycles. The highest BCUT2D eigenvalue weighted by Crippen LogP contribution is 2.29. The highest BCUT2D eigenvalue weighted by molar-refractivity contribution is 5.86. The summed E-state index contributed by atoms with van der Waals surface area (Å²) in [7, 11) is 1.92. The Kier molecular flexibility index (Phi) is 4.05. The third-order valence-electron chi connectivity index (χ3n) is 4.43. The number of aromatic nitrogens is 4. The van der Waals surface area contributed by atoms with E-state index in [2.05, 4.69) is 26.9 Å². The monoisotopic (exact) mass is 288 g/mol. The summed E-state index contributed by atoms with van der Waals surface area (Å²) in [6.45, 7) is 3.23. The second-order valence-electron chi connectivity index (χ2n) is 5.96. The van der Waals surface area contributed by atoms with E-state index in [1.54, 1.807) is 11.0 Å². The maximum atomic E-state index is 6.05. The van der Waals surface area contributed by atoms with E-state index >= 15 is 0 Å². The van der Waals surface area contributed by atoms with E-state index in [0.29, 0.717) is 12.1 Å². The van der Waals surface area contributed by atoms with Gasteiger partial charge in [0.05, 0.1) is 11.6 Å². The first-order valence-corrected chi connectivity index (χ1v) is 7.85. The Hall–Kier alpha value is -1.69. The van der Waals surface area contributed by atoms with Gasteiger partial charge in [0.25, 0.3) is 0 Å². The maximum Gasteiger partial charge on any atom is 0.163 e. The van der Waals surface area contributed by atoms with Crippen LogP contribution in [-0.2, 0) is 7.05 Å². The minimum atomic E-state index is 0.369. The Bertz CT molecular complexity index is 599. The van der Waals surface area contributed by atoms with Gasteiger partial charge in [-0.05, 0) is 32.1 Å². The lowest BCUT2D eigenvalue weighted by molar-refractivity contribution is 0.374. The van der Waals surface area contributed by atoms with E-state index in [1.165, 1.54) is 0 Å². The molecular weight excluding hydrogens is 264 g/mol. The third-order valence-corrected chi connectivity index (χ3v) is 4.43. The molecule has 1 saturated carbocycles. The number of hydrogen-bond donors (Lipinski definition) is 1. The predicted octanol–water partition coefficient (Wildman–Crippen LogP) is 1.85. The van der Waals surface area contributed by atoms with E-state index in [-0.39, 0.29) is 0 Å². The fourth-order valence-corrected chi connectivity index (χ4v) is 3.29. The Labute approximate surface area is 125 Å². The van der Waals surface area contributed by atoms with Crippen LogP contribution in [0.1, 0.15) is 39.0 Å². The standard InChI is InChI=1S/C15H24N6/c1-3-8-21(12-6-4-11(16)5-7-12)15-13-9-19-20(2)14(13)17-10-18-15/h9-12H,3-8,16H2,1-2H3. The van der Waals surface area contributed by atoms with Crippen molar-refractivity contribution in [1.82, 2.24) is 19.7 Å². The Balaban J connectivity index is 1.95. The molecular formula is C15H24N6. The van der Waals surface area contributed by atoms with Crippen LogP contribution < -0.4 is 10.6 Å². The lowest BCUT2D eigenvalue weighted by Crippen LogP contribution is -2.42. The number of nitrogens with zero attached hydrogens (tertiary/aromatic N) is 5. The van der Waals surface area contributed by atoms with E-state index < -0.39 is 0 Å². The zero-order valence-electron chi connectivity index (χ0n) is 12.9. The average molecular weight is 288 g/mol. The highest BCUT2D eigenvalue weighted by Gasteiger charge is 2.26. The second-order valence-corrected chi connectivity index (χ2v) is 5.96. The third kappa shape index (κ3) is 2.72. The molecule has 1 aliphatic carbocycles. The number of rotatable bonds is 4. The molecule has 0 atom stereocenters. The van der Waals surface area contributed by atoms with E-state index in [9.17, 15) is 0 Å². The van der Waals surface area contributed by atoms with Gasteiger partial charge < -0.3 is 10.6 Å². The van der Waals surface area contributed by atoms with Gasteiger partial charge in [0.2, 0.25) is 0 Å². The molecule has 21 heavy (non-hydrogen) atoms. The first kappa shape index (κ1) is 14.3. The van der Waals surface area contributed by atoms with Crippen LogP contribution in [0.5, 0.6) is 0 Å². The van der Waals surface area contributed by atoms with Crippen LogP contribution in [-0.4, -0.2) is 38.4 Å². The first-order chi connectivity index (χ1) is 10.2. The first-order valence-electron chi connectivity index (χ1n) is 7.85. The summed E-state index contributed by atoms with van der Waals surface area (Å²) in [6.07, 6.45) is 9.13. The van der Waals surface area contributed by atoms with Crippen molar-refractivity contribution in [3.05, 3.63) is 12.5 Å². The highest BCUT2D eigenvalue weighted by atomic mass is 15.3. The van der Waals surface area contributed by atoms with Crippen LogP contribution in [0.15, 0.2) is 12.5 Å². The topological polar surface area (TPSA) is 72.9 Å². The zero-order valence-corrected chi connectivity index (χ0v) is 12.9. The quantitative estimate of drug-likeness (QED) is 0.929. The molecule has 0 unspecified atom stereocenters. The van der Waals surface area contributed by atoms with Crippen molar-refractivity contribution in [1.29, 1.82) is 0 Å². The van der Waals surface area contributed by atoms with Gasteiger partial charge in [0.1, 0.15) is 12.1 Å². The van der Waals surface area contributed by atoms with Crippen molar-refractivity contribution in [2.24, 2.45) is 12.8 Å². The van der Waals surface area contributed by atoms with Crippen LogP contribution in [0.4, 0.5) is 5.82 Å². The van der Waals surface area contributed by atoms with Crippen LogP contribution >= 0.6 is 0 Å². The molecule has 2 aromatic rings. The van der Waals surface area contributed by atoms with Crippen LogP contribution in [0.3, 0.4) is 0 Å². The van der Waals surface area contributed by atoms with Gasteiger partial charge in [-0.25, -0.2) is 9.97 Å². The summed E-state index contributed by atoms with van der Waals surface area (Å²) in [5.41, 5.74) is 6.94. The molecule has 1 fully saturated rings. The summed E-state index contributed by atoms with van der Waals surface area (Å²) in [5.74, 6) is 1.02. The molecule has 114 valence electrons. The minimum absolute atomic E-state index is 0.369. The molecule has 0 saturated heterocycles. The van der Waals surface area contributed by atoms with Crippen molar-refractivity contribution in [2.45, 2.75) is 51.1 Å². The smallest absolute Gasteiger partial charge is 0.163 e. The van der Waals surface area contributed by atoms with Crippen molar-refractivity contribution in [3.8, 4) is 0 Å². The van der Waals surface area contributed by atoms with Crippen LogP contribution in [0.25, 0.3) is 11.0 Å². The molecule has 2 N–H and O–H groups in total. The number of aryl methyl sites for hydroxylation is 1. The van der Waals surface area contributed by atoms with Crippen LogP contribution in [0.2, 0.25) is 0 Å². The Morgan fingerprint density at radius 3 is 2.76 bits per heavy atom. The number of fused-ring (bicyclic) bond motifs is 1. The predicted molar refractivity (Wildman–Crippen MR) is 84.2 cm³/mol. The summed E-state index contributed by atoms with van der Waals surface area (Å²) in [6, 6.07) is 0.900. The van der Waals surface area contributed by atoms with Gasteiger partial charge in [-0.2, -0.15) is 5.10 Å². The molecule has 0 spiro atoms. The summed E-state index contributed by atoms with van der Waals surface area (Å²) < 4.78 is 1.81. The minimum Gasteiger partial charge on any atom is -0.353 e.